The minimum absolute atomic E-state index is 0.458. The van der Waals surface area contributed by atoms with Crippen LogP contribution in [0, 0.1) is 10.1 Å². The molecule has 2 aromatic rings. The Morgan fingerprint density at radius 2 is 1.88 bits per heavy atom. The van der Waals surface area contributed by atoms with Crippen LogP contribution in [0.4, 0.5) is 0 Å². The Balaban J connectivity index is 2.23. The van der Waals surface area contributed by atoms with Crippen LogP contribution in [-0.2, 0) is 0 Å². The SMILES string of the molecule is O=[N+]([O-])/C=C\c1ccc(-c2ccc(Br)cc2)o1. The molecule has 2 rings (SSSR count). The van der Waals surface area contributed by atoms with Crippen LogP contribution in [0.5, 0.6) is 0 Å². The van der Waals surface area contributed by atoms with E-state index in [9.17, 15) is 10.1 Å². The first-order valence-corrected chi connectivity index (χ1v) is 5.62. The summed E-state index contributed by atoms with van der Waals surface area (Å²) >= 11 is 3.35. The Kier molecular flexibility index (Phi) is 3.39. The molecule has 0 unspecified atom stereocenters. The van der Waals surface area contributed by atoms with Gasteiger partial charge < -0.3 is 4.42 Å². The van der Waals surface area contributed by atoms with Crippen LogP contribution in [0.15, 0.2) is 51.5 Å². The fourth-order valence-electron chi connectivity index (χ4n) is 1.35. The largest absolute Gasteiger partial charge is 0.457 e. The molecule has 5 heteroatoms. The molecular formula is C12H8BrNO3. The van der Waals surface area contributed by atoms with E-state index in [1.165, 1.54) is 6.08 Å². The van der Waals surface area contributed by atoms with Crippen LogP contribution in [0.2, 0.25) is 0 Å². The summed E-state index contributed by atoms with van der Waals surface area (Å²) in [4.78, 5) is 9.63. The predicted molar refractivity (Wildman–Crippen MR) is 67.9 cm³/mol. The molecule has 0 atom stereocenters. The molecule has 0 aliphatic heterocycles. The smallest absolute Gasteiger partial charge is 0.238 e. The number of furan rings is 1. The van der Waals surface area contributed by atoms with Gasteiger partial charge in [0.1, 0.15) is 11.5 Å². The first-order chi connectivity index (χ1) is 8.15. The van der Waals surface area contributed by atoms with Crippen LogP contribution in [0.1, 0.15) is 5.76 Å². The highest BCUT2D eigenvalue weighted by molar-refractivity contribution is 9.10. The molecule has 0 fully saturated rings. The third-order valence-corrected chi connectivity index (χ3v) is 2.64. The predicted octanol–water partition coefficient (Wildman–Crippen LogP) is 3.96. The van der Waals surface area contributed by atoms with Gasteiger partial charge in [-0.15, -0.1) is 0 Å². The number of nitrogens with zero attached hydrogens (tertiary/aromatic N) is 1. The number of nitro groups is 1. The minimum atomic E-state index is -0.526. The fraction of sp³-hybridized carbons (Fsp3) is 0. The van der Waals surface area contributed by atoms with Gasteiger partial charge in [-0.05, 0) is 24.3 Å². The molecule has 0 radical (unpaired) electrons. The lowest BCUT2D eigenvalue weighted by Gasteiger charge is -1.96. The Morgan fingerprint density at radius 3 is 2.53 bits per heavy atom. The Bertz CT molecular complexity index is 557. The lowest BCUT2D eigenvalue weighted by Crippen LogP contribution is -1.80. The summed E-state index contributed by atoms with van der Waals surface area (Å²) in [5.74, 6) is 1.14. The van der Waals surface area contributed by atoms with E-state index in [1.807, 2.05) is 24.3 Å². The maximum atomic E-state index is 10.2. The summed E-state index contributed by atoms with van der Waals surface area (Å²) in [6.07, 6.45) is 2.17. The number of halogens is 1. The zero-order valence-corrected chi connectivity index (χ0v) is 10.3. The second-order valence-electron chi connectivity index (χ2n) is 3.31. The van der Waals surface area contributed by atoms with Crippen molar-refractivity contribution in [1.29, 1.82) is 0 Å². The molecular weight excluding hydrogens is 286 g/mol. The van der Waals surface area contributed by atoms with Gasteiger partial charge >= 0.3 is 0 Å². The summed E-state index contributed by atoms with van der Waals surface area (Å²) in [5.41, 5.74) is 0.925. The van der Waals surface area contributed by atoms with Gasteiger partial charge in [0.25, 0.3) is 0 Å². The van der Waals surface area contributed by atoms with Gasteiger partial charge in [0.15, 0.2) is 0 Å². The highest BCUT2D eigenvalue weighted by Gasteiger charge is 2.03. The number of benzene rings is 1. The van der Waals surface area contributed by atoms with Crippen molar-refractivity contribution in [3.63, 3.8) is 0 Å². The molecule has 1 aromatic carbocycles. The van der Waals surface area contributed by atoms with Crippen molar-refractivity contribution in [2.24, 2.45) is 0 Å². The zero-order valence-electron chi connectivity index (χ0n) is 8.67. The normalized spacial score (nSPS) is 10.9. The quantitative estimate of drug-likeness (QED) is 0.636. The van der Waals surface area contributed by atoms with Gasteiger partial charge in [0.05, 0.1) is 11.0 Å². The van der Waals surface area contributed by atoms with E-state index in [-0.39, 0.29) is 0 Å². The molecule has 0 spiro atoms. The first kappa shape index (κ1) is 11.6. The second kappa shape index (κ2) is 4.97. The summed E-state index contributed by atoms with van der Waals surface area (Å²) in [7, 11) is 0. The summed E-state index contributed by atoms with van der Waals surface area (Å²) in [6, 6.07) is 11.1. The molecule has 0 saturated carbocycles. The van der Waals surface area contributed by atoms with Crippen molar-refractivity contribution in [3.05, 3.63) is 62.9 Å². The monoisotopic (exact) mass is 293 g/mol. The lowest BCUT2D eigenvalue weighted by atomic mass is 10.2. The molecule has 86 valence electrons. The average molecular weight is 294 g/mol. The molecule has 0 bridgehead atoms. The summed E-state index contributed by atoms with van der Waals surface area (Å²) in [6.45, 7) is 0. The van der Waals surface area contributed by atoms with Crippen molar-refractivity contribution < 1.29 is 9.34 Å². The van der Waals surface area contributed by atoms with Gasteiger partial charge in [-0.1, -0.05) is 28.1 Å². The van der Waals surface area contributed by atoms with Gasteiger partial charge in [-0.2, -0.15) is 0 Å². The summed E-state index contributed by atoms with van der Waals surface area (Å²) in [5, 5.41) is 10.2. The van der Waals surface area contributed by atoms with Crippen molar-refractivity contribution in [3.8, 4) is 11.3 Å². The lowest BCUT2D eigenvalue weighted by molar-refractivity contribution is -0.401. The average Bonchev–Trinajstić information content (AvgIpc) is 2.76. The van der Waals surface area contributed by atoms with E-state index in [1.54, 1.807) is 12.1 Å². The third-order valence-electron chi connectivity index (χ3n) is 2.12. The van der Waals surface area contributed by atoms with E-state index in [0.717, 1.165) is 16.2 Å². The highest BCUT2D eigenvalue weighted by atomic mass is 79.9. The standard InChI is InChI=1S/C12H8BrNO3/c13-10-3-1-9(2-4-10)12-6-5-11(17-12)7-8-14(15)16/h1-8H/b8-7-. The van der Waals surface area contributed by atoms with Gasteiger partial charge in [-0.25, -0.2) is 0 Å². The van der Waals surface area contributed by atoms with Crippen molar-refractivity contribution in [1.82, 2.24) is 0 Å². The maximum absolute atomic E-state index is 10.2. The third kappa shape index (κ3) is 3.04. The Labute approximate surface area is 106 Å². The second-order valence-corrected chi connectivity index (χ2v) is 4.23. The Hall–Kier alpha value is -1.88. The molecule has 0 saturated heterocycles. The van der Waals surface area contributed by atoms with Gasteiger partial charge in [0.2, 0.25) is 6.20 Å². The first-order valence-electron chi connectivity index (χ1n) is 4.82. The van der Waals surface area contributed by atoms with E-state index in [2.05, 4.69) is 15.9 Å². The van der Waals surface area contributed by atoms with Crippen LogP contribution in [0.3, 0.4) is 0 Å². The topological polar surface area (TPSA) is 56.3 Å². The van der Waals surface area contributed by atoms with E-state index >= 15 is 0 Å². The molecule has 1 heterocycles. The zero-order chi connectivity index (χ0) is 12.3. The molecule has 0 N–H and O–H groups in total. The van der Waals surface area contributed by atoms with Gasteiger partial charge in [0, 0.05) is 10.0 Å². The van der Waals surface area contributed by atoms with Crippen LogP contribution >= 0.6 is 15.9 Å². The molecule has 4 nitrogen and oxygen atoms in total. The number of hydrogen-bond donors (Lipinski definition) is 0. The Morgan fingerprint density at radius 1 is 1.18 bits per heavy atom. The molecule has 0 amide bonds. The summed E-state index contributed by atoms with van der Waals surface area (Å²) < 4.78 is 6.44. The van der Waals surface area contributed by atoms with Crippen LogP contribution in [-0.4, -0.2) is 4.92 Å². The molecule has 0 aliphatic rings. The molecule has 17 heavy (non-hydrogen) atoms. The number of rotatable bonds is 3. The molecule has 1 aromatic heterocycles. The van der Waals surface area contributed by atoms with E-state index in [0.29, 0.717) is 11.5 Å². The number of hydrogen-bond acceptors (Lipinski definition) is 3. The maximum Gasteiger partial charge on any atom is 0.238 e. The van der Waals surface area contributed by atoms with Crippen LogP contribution in [0.25, 0.3) is 17.4 Å². The van der Waals surface area contributed by atoms with Crippen molar-refractivity contribution in [2.45, 2.75) is 0 Å². The van der Waals surface area contributed by atoms with Crippen molar-refractivity contribution >= 4 is 22.0 Å². The molecule has 0 aliphatic carbocycles. The van der Waals surface area contributed by atoms with Crippen molar-refractivity contribution in [2.75, 3.05) is 0 Å². The van der Waals surface area contributed by atoms with Gasteiger partial charge in [-0.3, -0.25) is 10.1 Å². The van der Waals surface area contributed by atoms with E-state index in [4.69, 9.17) is 4.42 Å². The fourth-order valence-corrected chi connectivity index (χ4v) is 1.61. The van der Waals surface area contributed by atoms with E-state index < -0.39 is 4.92 Å². The highest BCUT2D eigenvalue weighted by Crippen LogP contribution is 2.24. The van der Waals surface area contributed by atoms with Crippen LogP contribution < -0.4 is 0 Å². The minimum Gasteiger partial charge on any atom is -0.457 e.